The van der Waals surface area contributed by atoms with E-state index >= 15 is 0 Å². The first-order valence-electron chi connectivity index (χ1n) is 8.04. The van der Waals surface area contributed by atoms with Crippen molar-refractivity contribution in [1.29, 1.82) is 0 Å². The van der Waals surface area contributed by atoms with E-state index in [1.807, 2.05) is 32.9 Å². The minimum Gasteiger partial charge on any atom is -0.329 e. The number of piperazine rings is 1. The van der Waals surface area contributed by atoms with Gasteiger partial charge in [-0.05, 0) is 30.5 Å². The summed E-state index contributed by atoms with van der Waals surface area (Å²) in [7, 11) is 0. The van der Waals surface area contributed by atoms with E-state index in [2.05, 4.69) is 26.0 Å². The second-order valence-corrected chi connectivity index (χ2v) is 6.60. The average molecular weight is 302 g/mol. The summed E-state index contributed by atoms with van der Waals surface area (Å²) in [6, 6.07) is 7.75. The molecule has 22 heavy (non-hydrogen) atoms. The molecule has 1 saturated heterocycles. The highest BCUT2D eigenvalue weighted by Gasteiger charge is 2.35. The standard InChI is InChI=1S/C18H26N2O2/c1-12(2)15-6-8-16(9-7-15)20-11-10-19(14(5)18(20)22)17(21)13(3)4/h6-9,12-14H,10-11H2,1-5H3/t14-/m0/s1. The zero-order chi connectivity index (χ0) is 16.4. The van der Waals surface area contributed by atoms with Crippen molar-refractivity contribution in [2.75, 3.05) is 18.0 Å². The largest absolute Gasteiger partial charge is 0.329 e. The Bertz CT molecular complexity index is 549. The molecule has 120 valence electrons. The number of hydrogen-bond acceptors (Lipinski definition) is 2. The van der Waals surface area contributed by atoms with Crippen LogP contribution >= 0.6 is 0 Å². The molecule has 1 aliphatic heterocycles. The molecule has 0 spiro atoms. The molecule has 4 heteroatoms. The molecular weight excluding hydrogens is 276 g/mol. The highest BCUT2D eigenvalue weighted by Crippen LogP contribution is 2.24. The van der Waals surface area contributed by atoms with Crippen molar-refractivity contribution in [1.82, 2.24) is 4.90 Å². The summed E-state index contributed by atoms with van der Waals surface area (Å²) in [5.41, 5.74) is 2.18. The summed E-state index contributed by atoms with van der Waals surface area (Å²) >= 11 is 0. The highest BCUT2D eigenvalue weighted by molar-refractivity contribution is 6.00. The molecule has 1 aromatic carbocycles. The monoisotopic (exact) mass is 302 g/mol. The van der Waals surface area contributed by atoms with Gasteiger partial charge in [0.2, 0.25) is 11.8 Å². The van der Waals surface area contributed by atoms with Crippen LogP contribution in [-0.2, 0) is 9.59 Å². The van der Waals surface area contributed by atoms with Crippen molar-refractivity contribution in [3.8, 4) is 0 Å². The second-order valence-electron chi connectivity index (χ2n) is 6.60. The maximum atomic E-state index is 12.6. The first-order valence-corrected chi connectivity index (χ1v) is 8.04. The topological polar surface area (TPSA) is 40.6 Å². The Morgan fingerprint density at radius 1 is 1.09 bits per heavy atom. The number of hydrogen-bond donors (Lipinski definition) is 0. The van der Waals surface area contributed by atoms with E-state index in [1.165, 1.54) is 5.56 Å². The number of carbonyl (C=O) groups excluding carboxylic acids is 2. The molecule has 0 aromatic heterocycles. The molecule has 0 saturated carbocycles. The smallest absolute Gasteiger partial charge is 0.249 e. The molecule has 2 amide bonds. The maximum absolute atomic E-state index is 12.6. The van der Waals surface area contributed by atoms with Crippen molar-refractivity contribution in [3.05, 3.63) is 29.8 Å². The normalized spacial score (nSPS) is 19.2. The number of benzene rings is 1. The first kappa shape index (κ1) is 16.5. The van der Waals surface area contributed by atoms with Gasteiger partial charge in [0.05, 0.1) is 0 Å². The lowest BCUT2D eigenvalue weighted by molar-refractivity contribution is -0.143. The number of nitrogens with zero attached hydrogens (tertiary/aromatic N) is 2. The Hall–Kier alpha value is -1.84. The predicted octanol–water partition coefficient (Wildman–Crippen LogP) is 3.03. The van der Waals surface area contributed by atoms with Gasteiger partial charge in [-0.1, -0.05) is 39.8 Å². The Morgan fingerprint density at radius 3 is 2.18 bits per heavy atom. The van der Waals surface area contributed by atoms with Crippen molar-refractivity contribution >= 4 is 17.5 Å². The molecule has 0 radical (unpaired) electrons. The summed E-state index contributed by atoms with van der Waals surface area (Å²) in [6.45, 7) is 11.0. The van der Waals surface area contributed by atoms with Gasteiger partial charge in [-0.25, -0.2) is 0 Å². The van der Waals surface area contributed by atoms with E-state index in [0.717, 1.165) is 5.69 Å². The SMILES string of the molecule is CC(C)C(=O)N1CCN(c2ccc(C(C)C)cc2)C(=O)[C@@H]1C. The molecule has 1 aliphatic rings. The van der Waals surface area contributed by atoms with Crippen LogP contribution < -0.4 is 4.90 Å². The van der Waals surface area contributed by atoms with Crippen LogP contribution in [0.15, 0.2) is 24.3 Å². The van der Waals surface area contributed by atoms with Crippen molar-refractivity contribution in [3.63, 3.8) is 0 Å². The van der Waals surface area contributed by atoms with Gasteiger partial charge in [-0.3, -0.25) is 9.59 Å². The molecule has 0 N–H and O–H groups in total. The summed E-state index contributed by atoms with van der Waals surface area (Å²) < 4.78 is 0. The molecule has 0 unspecified atom stereocenters. The predicted molar refractivity (Wildman–Crippen MR) is 88.9 cm³/mol. The third-order valence-electron chi connectivity index (χ3n) is 4.30. The van der Waals surface area contributed by atoms with Gasteiger partial charge in [0, 0.05) is 24.7 Å². The zero-order valence-electron chi connectivity index (χ0n) is 14.2. The minimum atomic E-state index is -0.395. The van der Waals surface area contributed by atoms with Gasteiger partial charge in [0.1, 0.15) is 6.04 Å². The van der Waals surface area contributed by atoms with Crippen LogP contribution in [0.5, 0.6) is 0 Å². The molecule has 0 aliphatic carbocycles. The molecule has 1 aromatic rings. The van der Waals surface area contributed by atoms with Crippen LogP contribution in [0.1, 0.15) is 46.1 Å². The number of carbonyl (C=O) groups is 2. The van der Waals surface area contributed by atoms with Gasteiger partial charge in [0.25, 0.3) is 0 Å². The van der Waals surface area contributed by atoms with E-state index < -0.39 is 6.04 Å². The van der Waals surface area contributed by atoms with Crippen LogP contribution in [0.25, 0.3) is 0 Å². The van der Waals surface area contributed by atoms with E-state index in [-0.39, 0.29) is 17.7 Å². The molecular formula is C18H26N2O2. The fourth-order valence-electron chi connectivity index (χ4n) is 2.80. The molecule has 1 atom stereocenters. The summed E-state index contributed by atoms with van der Waals surface area (Å²) in [4.78, 5) is 28.3. The lowest BCUT2D eigenvalue weighted by Gasteiger charge is -2.40. The van der Waals surface area contributed by atoms with Gasteiger partial charge < -0.3 is 9.80 Å². The Labute approximate surface area is 133 Å². The van der Waals surface area contributed by atoms with E-state index in [4.69, 9.17) is 0 Å². The van der Waals surface area contributed by atoms with Gasteiger partial charge in [-0.2, -0.15) is 0 Å². The maximum Gasteiger partial charge on any atom is 0.249 e. The Kier molecular flexibility index (Phi) is 4.89. The number of amides is 2. The van der Waals surface area contributed by atoms with Crippen LogP contribution in [0.2, 0.25) is 0 Å². The van der Waals surface area contributed by atoms with Crippen LogP contribution in [0, 0.1) is 5.92 Å². The van der Waals surface area contributed by atoms with E-state index in [9.17, 15) is 9.59 Å². The summed E-state index contributed by atoms with van der Waals surface area (Å²) in [5.74, 6) is 0.449. The highest BCUT2D eigenvalue weighted by atomic mass is 16.2. The summed E-state index contributed by atoms with van der Waals surface area (Å²) in [6.07, 6.45) is 0. The Morgan fingerprint density at radius 2 is 1.68 bits per heavy atom. The Balaban J connectivity index is 2.15. The second kappa shape index (κ2) is 6.51. The minimum absolute atomic E-state index is 0.00227. The molecule has 0 bridgehead atoms. The van der Waals surface area contributed by atoms with Crippen LogP contribution in [0.4, 0.5) is 5.69 Å². The zero-order valence-corrected chi connectivity index (χ0v) is 14.2. The van der Waals surface area contributed by atoms with Crippen molar-refractivity contribution < 1.29 is 9.59 Å². The fourth-order valence-corrected chi connectivity index (χ4v) is 2.80. The number of rotatable bonds is 3. The van der Waals surface area contributed by atoms with E-state index in [0.29, 0.717) is 19.0 Å². The molecule has 1 fully saturated rings. The number of anilines is 1. The lowest BCUT2D eigenvalue weighted by Crippen LogP contribution is -2.58. The van der Waals surface area contributed by atoms with Gasteiger partial charge in [-0.15, -0.1) is 0 Å². The van der Waals surface area contributed by atoms with Gasteiger partial charge >= 0.3 is 0 Å². The van der Waals surface area contributed by atoms with E-state index in [1.54, 1.807) is 9.80 Å². The molecule has 4 nitrogen and oxygen atoms in total. The molecule has 2 rings (SSSR count). The first-order chi connectivity index (χ1) is 10.3. The third-order valence-corrected chi connectivity index (χ3v) is 4.30. The summed E-state index contributed by atoms with van der Waals surface area (Å²) in [5, 5.41) is 0. The van der Waals surface area contributed by atoms with Crippen LogP contribution in [0.3, 0.4) is 0 Å². The van der Waals surface area contributed by atoms with Crippen LogP contribution in [-0.4, -0.2) is 35.8 Å². The van der Waals surface area contributed by atoms with Crippen molar-refractivity contribution in [2.45, 2.75) is 46.6 Å². The van der Waals surface area contributed by atoms with Gasteiger partial charge in [0.15, 0.2) is 0 Å². The lowest BCUT2D eigenvalue weighted by atomic mass is 10.0. The quantitative estimate of drug-likeness (QED) is 0.861. The third kappa shape index (κ3) is 3.16. The van der Waals surface area contributed by atoms with Crippen molar-refractivity contribution in [2.24, 2.45) is 5.92 Å². The fraction of sp³-hybridized carbons (Fsp3) is 0.556. The molecule has 1 heterocycles. The average Bonchev–Trinajstić information content (AvgIpc) is 2.49.